The molecule has 0 radical (unpaired) electrons. The molecule has 15 heavy (non-hydrogen) atoms. The minimum Gasteiger partial charge on any atom is -0.266 e. The summed E-state index contributed by atoms with van der Waals surface area (Å²) in [6, 6.07) is 8.45. The van der Waals surface area contributed by atoms with Crippen molar-refractivity contribution in [2.75, 3.05) is 0 Å². The topological polar surface area (TPSA) is 64.3 Å². The summed E-state index contributed by atoms with van der Waals surface area (Å²) in [7, 11) is -3.50. The minimum atomic E-state index is -3.50. The first-order chi connectivity index (χ1) is 6.76. The molecule has 0 saturated carbocycles. The van der Waals surface area contributed by atoms with Crippen LogP contribution in [0.2, 0.25) is 0 Å². The van der Waals surface area contributed by atoms with Gasteiger partial charge in [0.1, 0.15) is 0 Å². The highest BCUT2D eigenvalue weighted by Gasteiger charge is 2.49. The smallest absolute Gasteiger partial charge is 0.266 e. The van der Waals surface area contributed by atoms with Gasteiger partial charge in [-0.05, 0) is 26.0 Å². The van der Waals surface area contributed by atoms with E-state index in [9.17, 15) is 9.79 Å². The van der Waals surface area contributed by atoms with Crippen LogP contribution >= 0.6 is 20.3 Å². The summed E-state index contributed by atoms with van der Waals surface area (Å²) in [6.07, 6.45) is 0. The van der Waals surface area contributed by atoms with Crippen LogP contribution in [-0.2, 0) is 0 Å². The van der Waals surface area contributed by atoms with Gasteiger partial charge in [0.05, 0.1) is 4.75 Å². The van der Waals surface area contributed by atoms with Crippen molar-refractivity contribution < 1.29 is 9.79 Å². The second kappa shape index (κ2) is 4.22. The van der Waals surface area contributed by atoms with Gasteiger partial charge in [0.15, 0.2) is 5.30 Å². The fourth-order valence-corrected chi connectivity index (χ4v) is 3.17. The van der Waals surface area contributed by atoms with E-state index in [1.807, 2.05) is 0 Å². The molecule has 0 aliphatic carbocycles. The predicted octanol–water partition coefficient (Wildman–Crippen LogP) is 1.83. The number of thiol groups is 1. The van der Waals surface area contributed by atoms with Crippen molar-refractivity contribution in [3.63, 3.8) is 0 Å². The monoisotopic (exact) mass is 244 g/mol. The zero-order valence-corrected chi connectivity index (χ0v) is 10.5. The Hall–Kier alpha value is -0.410. The van der Waals surface area contributed by atoms with Gasteiger partial charge in [0.25, 0.3) is 0 Å². The SMILES string of the molecule is CC(C)(S)C(=N)[P+](O)(O)c1ccccc1. The molecule has 0 aliphatic rings. The van der Waals surface area contributed by atoms with Gasteiger partial charge in [-0.1, -0.05) is 18.2 Å². The molecule has 0 bridgehead atoms. The minimum absolute atomic E-state index is 0.135. The Labute approximate surface area is 95.6 Å². The summed E-state index contributed by atoms with van der Waals surface area (Å²) in [5.74, 6) is 0. The van der Waals surface area contributed by atoms with Crippen LogP contribution in [0.1, 0.15) is 13.8 Å². The summed E-state index contributed by atoms with van der Waals surface area (Å²) in [4.78, 5) is 20.0. The van der Waals surface area contributed by atoms with Gasteiger partial charge in [-0.3, -0.25) is 5.41 Å². The van der Waals surface area contributed by atoms with Crippen LogP contribution in [-0.4, -0.2) is 20.0 Å². The van der Waals surface area contributed by atoms with Crippen molar-refractivity contribution in [3.05, 3.63) is 30.3 Å². The number of nitrogens with one attached hydrogen (secondary N) is 1. The van der Waals surface area contributed by atoms with Gasteiger partial charge >= 0.3 is 7.72 Å². The molecule has 0 aliphatic heterocycles. The molecule has 0 spiro atoms. The normalized spacial score (nSPS) is 12.6. The number of rotatable bonds is 3. The molecule has 0 heterocycles. The number of hydrogen-bond acceptors (Lipinski definition) is 4. The maximum atomic E-state index is 9.98. The maximum absolute atomic E-state index is 9.98. The standard InChI is InChI=1S/C10H14NO2PS/c1-10(2,15)9(11)14(12,13)8-6-4-3-5-7-8/h3-7,11-13H,1-2H3/p+1. The average molecular weight is 244 g/mol. The number of hydrogen-bond donors (Lipinski definition) is 4. The third-order valence-electron chi connectivity index (χ3n) is 2.01. The highest BCUT2D eigenvalue weighted by molar-refractivity contribution is 7.92. The maximum Gasteiger partial charge on any atom is 0.349 e. The van der Waals surface area contributed by atoms with Gasteiger partial charge in [-0.2, -0.15) is 12.6 Å². The molecule has 0 amide bonds. The molecule has 0 fully saturated rings. The van der Waals surface area contributed by atoms with Crippen molar-refractivity contribution in [1.29, 1.82) is 5.41 Å². The van der Waals surface area contributed by atoms with Gasteiger partial charge in [0.2, 0.25) is 5.45 Å². The van der Waals surface area contributed by atoms with E-state index < -0.39 is 12.5 Å². The third kappa shape index (κ3) is 2.79. The van der Waals surface area contributed by atoms with E-state index in [-0.39, 0.29) is 5.45 Å². The Morgan fingerprint density at radius 1 is 1.27 bits per heavy atom. The Morgan fingerprint density at radius 3 is 2.13 bits per heavy atom. The van der Waals surface area contributed by atoms with Crippen molar-refractivity contribution in [2.24, 2.45) is 0 Å². The van der Waals surface area contributed by atoms with Crippen LogP contribution in [0.25, 0.3) is 0 Å². The van der Waals surface area contributed by atoms with Crippen molar-refractivity contribution in [3.8, 4) is 0 Å². The Balaban J connectivity index is 3.09. The molecule has 3 nitrogen and oxygen atoms in total. The molecule has 0 saturated heterocycles. The van der Waals surface area contributed by atoms with E-state index in [1.165, 1.54) is 0 Å². The van der Waals surface area contributed by atoms with Gasteiger partial charge in [-0.15, -0.1) is 0 Å². The lowest BCUT2D eigenvalue weighted by molar-refractivity contribution is 0.480. The first kappa shape index (κ1) is 12.7. The predicted molar refractivity (Wildman–Crippen MR) is 68.2 cm³/mol. The summed E-state index contributed by atoms with van der Waals surface area (Å²) in [5, 5.41) is 8.14. The zero-order valence-electron chi connectivity index (χ0n) is 8.68. The molecule has 0 aromatic heterocycles. The summed E-state index contributed by atoms with van der Waals surface area (Å²) < 4.78 is -0.826. The molecule has 1 aromatic carbocycles. The lowest BCUT2D eigenvalue weighted by Gasteiger charge is -2.21. The van der Waals surface area contributed by atoms with Crippen molar-refractivity contribution in [2.45, 2.75) is 18.6 Å². The first-order valence-electron chi connectivity index (χ1n) is 4.48. The van der Waals surface area contributed by atoms with Crippen LogP contribution in [0.3, 0.4) is 0 Å². The van der Waals surface area contributed by atoms with E-state index >= 15 is 0 Å². The molecule has 0 unspecified atom stereocenters. The highest BCUT2D eigenvalue weighted by Crippen LogP contribution is 2.53. The van der Waals surface area contributed by atoms with E-state index in [2.05, 4.69) is 12.6 Å². The quantitative estimate of drug-likeness (QED) is 0.372. The second-order valence-corrected chi connectivity index (χ2v) is 7.13. The van der Waals surface area contributed by atoms with Crippen molar-refractivity contribution >= 4 is 31.1 Å². The molecular weight excluding hydrogens is 229 g/mol. The lowest BCUT2D eigenvalue weighted by atomic mass is 10.2. The molecule has 3 N–H and O–H groups in total. The van der Waals surface area contributed by atoms with Crippen LogP contribution in [0.5, 0.6) is 0 Å². The molecule has 1 aromatic rings. The Kier molecular flexibility index (Phi) is 3.56. The van der Waals surface area contributed by atoms with E-state index in [0.29, 0.717) is 5.30 Å². The Morgan fingerprint density at radius 2 is 1.73 bits per heavy atom. The van der Waals surface area contributed by atoms with Gasteiger partial charge in [-0.25, -0.2) is 9.79 Å². The lowest BCUT2D eigenvalue weighted by Crippen LogP contribution is -2.31. The van der Waals surface area contributed by atoms with E-state index in [0.717, 1.165) is 0 Å². The zero-order chi connectivity index (χ0) is 11.7. The van der Waals surface area contributed by atoms with E-state index in [1.54, 1.807) is 44.2 Å². The largest absolute Gasteiger partial charge is 0.349 e. The summed E-state index contributed by atoms with van der Waals surface area (Å²) in [6.45, 7) is 3.34. The Bertz CT molecular complexity index is 359. The average Bonchev–Trinajstić information content (AvgIpc) is 2.16. The van der Waals surface area contributed by atoms with Crippen LogP contribution in [0.15, 0.2) is 30.3 Å². The fraction of sp³-hybridized carbons (Fsp3) is 0.300. The molecule has 1 rings (SSSR count). The van der Waals surface area contributed by atoms with Crippen molar-refractivity contribution in [1.82, 2.24) is 0 Å². The van der Waals surface area contributed by atoms with E-state index in [4.69, 9.17) is 5.41 Å². The fourth-order valence-electron chi connectivity index (χ4n) is 1.15. The summed E-state index contributed by atoms with van der Waals surface area (Å²) >= 11 is 4.18. The van der Waals surface area contributed by atoms with Crippen LogP contribution < -0.4 is 5.30 Å². The van der Waals surface area contributed by atoms with Crippen LogP contribution in [0, 0.1) is 5.41 Å². The van der Waals surface area contributed by atoms with Gasteiger partial charge in [0, 0.05) is 0 Å². The molecular formula is C10H15NO2PS+. The van der Waals surface area contributed by atoms with Gasteiger partial charge < -0.3 is 0 Å². The first-order valence-corrected chi connectivity index (χ1v) is 6.62. The molecule has 5 heteroatoms. The second-order valence-electron chi connectivity index (χ2n) is 3.84. The highest BCUT2D eigenvalue weighted by atomic mass is 32.1. The third-order valence-corrected chi connectivity index (χ3v) is 4.61. The summed E-state index contributed by atoms with van der Waals surface area (Å²) in [5.41, 5.74) is -0.135. The molecule has 82 valence electrons. The van der Waals surface area contributed by atoms with Crippen LogP contribution in [0.4, 0.5) is 0 Å². The number of benzene rings is 1. The molecule has 0 atom stereocenters.